The second kappa shape index (κ2) is 5.01. The molecular formula is C14H17NO4. The van der Waals surface area contributed by atoms with Crippen molar-refractivity contribution < 1.29 is 23.5 Å². The van der Waals surface area contributed by atoms with Crippen LogP contribution in [0.25, 0.3) is 0 Å². The standard InChI is InChI=1S/C14H17NO4/c1-8-9(5-4-6-16)15(2)13-10(17)7-11(19-3)14(18)12(8)13/h7,16H,4-6H2,1-3H3/i1D,4D,5D. The number of aromatic nitrogens is 1. The maximum absolute atomic E-state index is 12.4. The molecule has 2 rings (SSSR count). The van der Waals surface area contributed by atoms with Gasteiger partial charge < -0.3 is 14.4 Å². The van der Waals surface area contributed by atoms with Gasteiger partial charge in [0.05, 0.1) is 12.7 Å². The summed E-state index contributed by atoms with van der Waals surface area (Å²) in [6.45, 7) is -0.826. The Morgan fingerprint density at radius 3 is 2.84 bits per heavy atom. The molecule has 1 aliphatic carbocycles. The lowest BCUT2D eigenvalue weighted by Gasteiger charge is -2.12. The van der Waals surface area contributed by atoms with Gasteiger partial charge in [0.25, 0.3) is 0 Å². The molecule has 0 bridgehead atoms. The first-order valence-corrected chi connectivity index (χ1v) is 5.69. The van der Waals surface area contributed by atoms with E-state index in [2.05, 4.69) is 0 Å². The fraction of sp³-hybridized carbons (Fsp3) is 0.429. The van der Waals surface area contributed by atoms with Gasteiger partial charge in [-0.3, -0.25) is 9.59 Å². The summed E-state index contributed by atoms with van der Waals surface area (Å²) in [6, 6.07) is 0. The molecule has 0 aromatic carbocycles. The van der Waals surface area contributed by atoms with Crippen molar-refractivity contribution in [2.45, 2.75) is 19.7 Å². The third-order valence-electron chi connectivity index (χ3n) is 3.09. The predicted molar refractivity (Wildman–Crippen MR) is 69.3 cm³/mol. The number of ketones is 2. The Kier molecular flexibility index (Phi) is 2.63. The molecule has 0 fully saturated rings. The first kappa shape index (κ1) is 9.97. The SMILES string of the molecule is [2H]Cc1c2c(n(C)c1C([2H])C([2H])CO)C(=O)C=C(OC)C2=O. The van der Waals surface area contributed by atoms with Gasteiger partial charge in [0.15, 0.2) is 5.76 Å². The molecule has 0 amide bonds. The number of Topliss-reactive ketones (excluding diaryl/α,β-unsaturated/α-hetero) is 1. The summed E-state index contributed by atoms with van der Waals surface area (Å²) in [5.41, 5.74) is 0.649. The smallest absolute Gasteiger partial charge is 0.230 e. The normalized spacial score (nSPS) is 19.9. The van der Waals surface area contributed by atoms with Crippen molar-refractivity contribution in [3.8, 4) is 0 Å². The summed E-state index contributed by atoms with van der Waals surface area (Å²) in [5.74, 6) is -1.04. The van der Waals surface area contributed by atoms with Crippen molar-refractivity contribution >= 4 is 11.6 Å². The largest absolute Gasteiger partial charge is 0.492 e. The molecule has 1 aromatic rings. The average molecular weight is 266 g/mol. The number of fused-ring (bicyclic) bond motifs is 1. The van der Waals surface area contributed by atoms with Crippen LogP contribution in [-0.4, -0.2) is 35.0 Å². The Bertz CT molecular complexity index is 666. The minimum Gasteiger partial charge on any atom is -0.492 e. The van der Waals surface area contributed by atoms with E-state index < -0.39 is 31.0 Å². The Labute approximate surface area is 115 Å². The van der Waals surface area contributed by atoms with Crippen LogP contribution < -0.4 is 0 Å². The third-order valence-corrected chi connectivity index (χ3v) is 3.09. The van der Waals surface area contributed by atoms with Gasteiger partial charge in [0.2, 0.25) is 11.6 Å². The van der Waals surface area contributed by atoms with Crippen LogP contribution in [0.5, 0.6) is 0 Å². The van der Waals surface area contributed by atoms with Crippen LogP contribution in [0.15, 0.2) is 11.8 Å². The molecule has 0 spiro atoms. The van der Waals surface area contributed by atoms with E-state index in [0.29, 0.717) is 0 Å². The summed E-state index contributed by atoms with van der Waals surface area (Å²) in [5, 5.41) is 9.08. The summed E-state index contributed by atoms with van der Waals surface area (Å²) in [6.07, 6.45) is -1.20. The second-order valence-corrected chi connectivity index (χ2v) is 4.14. The topological polar surface area (TPSA) is 68.5 Å². The molecule has 5 nitrogen and oxygen atoms in total. The lowest BCUT2D eigenvalue weighted by Crippen LogP contribution is -2.19. The first-order valence-electron chi connectivity index (χ1n) is 7.55. The van der Waals surface area contributed by atoms with Gasteiger partial charge in [-0.2, -0.15) is 0 Å². The number of carbonyl (C=O) groups is 2. The molecule has 5 heteroatoms. The van der Waals surface area contributed by atoms with Gasteiger partial charge in [0, 0.05) is 29.5 Å². The zero-order chi connectivity index (χ0) is 16.6. The summed E-state index contributed by atoms with van der Waals surface area (Å²) in [4.78, 5) is 24.6. The van der Waals surface area contributed by atoms with Crippen molar-refractivity contribution in [2.75, 3.05) is 13.7 Å². The Morgan fingerprint density at radius 2 is 2.26 bits per heavy atom. The predicted octanol–water partition coefficient (Wildman–Crippen LogP) is 1.17. The van der Waals surface area contributed by atoms with E-state index >= 15 is 0 Å². The Balaban J connectivity index is 2.70. The highest BCUT2D eigenvalue weighted by Gasteiger charge is 2.33. The summed E-state index contributed by atoms with van der Waals surface area (Å²) in [7, 11) is 2.81. The molecule has 102 valence electrons. The van der Waals surface area contributed by atoms with Crippen LogP contribution in [0, 0.1) is 6.90 Å². The van der Waals surface area contributed by atoms with Gasteiger partial charge >= 0.3 is 0 Å². The lowest BCUT2D eigenvalue weighted by molar-refractivity contribution is 0.0913. The van der Waals surface area contributed by atoms with Gasteiger partial charge in [-0.15, -0.1) is 0 Å². The van der Waals surface area contributed by atoms with E-state index in [9.17, 15) is 9.59 Å². The highest BCUT2D eigenvalue weighted by atomic mass is 16.5. The van der Waals surface area contributed by atoms with E-state index in [4.69, 9.17) is 14.0 Å². The fourth-order valence-electron chi connectivity index (χ4n) is 2.20. The van der Waals surface area contributed by atoms with Gasteiger partial charge in [-0.1, -0.05) is 0 Å². The van der Waals surface area contributed by atoms with Crippen molar-refractivity contribution in [2.24, 2.45) is 7.05 Å². The van der Waals surface area contributed by atoms with E-state index in [1.54, 1.807) is 0 Å². The van der Waals surface area contributed by atoms with E-state index in [1.165, 1.54) is 18.7 Å². The van der Waals surface area contributed by atoms with Crippen LogP contribution in [0.1, 0.15) is 42.6 Å². The number of aliphatic hydroxyl groups excluding tert-OH is 1. The maximum Gasteiger partial charge on any atom is 0.230 e. The van der Waals surface area contributed by atoms with Crippen LogP contribution in [0.4, 0.5) is 0 Å². The minimum atomic E-state index is -1.16. The number of nitrogens with zero attached hydrogens (tertiary/aromatic N) is 1. The molecule has 1 aromatic heterocycles. The molecule has 19 heavy (non-hydrogen) atoms. The molecule has 0 aliphatic heterocycles. The molecule has 1 aliphatic rings. The third kappa shape index (κ3) is 2.00. The number of hydrogen-bond acceptors (Lipinski definition) is 4. The zero-order valence-electron chi connectivity index (χ0n) is 13.8. The number of aliphatic hydroxyl groups is 1. The van der Waals surface area contributed by atoms with E-state index in [-0.39, 0.29) is 35.2 Å². The Hall–Kier alpha value is -1.88. The quantitative estimate of drug-likeness (QED) is 0.888. The van der Waals surface area contributed by atoms with Crippen molar-refractivity contribution in [3.63, 3.8) is 0 Å². The van der Waals surface area contributed by atoms with Crippen LogP contribution in [0.3, 0.4) is 0 Å². The summed E-state index contributed by atoms with van der Waals surface area (Å²) < 4.78 is 29.7. The number of methoxy groups -OCH3 is 1. The van der Waals surface area contributed by atoms with Crippen LogP contribution >= 0.6 is 0 Å². The van der Waals surface area contributed by atoms with Crippen LogP contribution in [0.2, 0.25) is 0 Å². The number of ether oxygens (including phenoxy) is 1. The number of carbonyl (C=O) groups excluding carboxylic acids is 2. The molecule has 1 N–H and O–H groups in total. The first-order chi connectivity index (χ1) is 10.4. The lowest BCUT2D eigenvalue weighted by atomic mass is 9.96. The molecule has 0 saturated carbocycles. The van der Waals surface area contributed by atoms with Crippen molar-refractivity contribution in [1.29, 1.82) is 0 Å². The maximum atomic E-state index is 12.4. The van der Waals surface area contributed by atoms with Crippen LogP contribution in [-0.2, 0) is 18.2 Å². The van der Waals surface area contributed by atoms with Gasteiger partial charge in [-0.05, 0) is 25.3 Å². The summed E-state index contributed by atoms with van der Waals surface area (Å²) >= 11 is 0. The number of rotatable bonds is 4. The van der Waals surface area contributed by atoms with Crippen molar-refractivity contribution in [1.82, 2.24) is 4.57 Å². The van der Waals surface area contributed by atoms with Crippen molar-refractivity contribution in [3.05, 3.63) is 34.3 Å². The molecule has 2 unspecified atom stereocenters. The molecular weight excluding hydrogens is 246 g/mol. The highest BCUT2D eigenvalue weighted by molar-refractivity contribution is 6.24. The zero-order valence-corrected chi connectivity index (χ0v) is 10.8. The van der Waals surface area contributed by atoms with E-state index in [1.807, 2.05) is 0 Å². The highest BCUT2D eigenvalue weighted by Crippen LogP contribution is 2.29. The monoisotopic (exact) mass is 266 g/mol. The molecule has 0 radical (unpaired) electrons. The molecule has 0 saturated heterocycles. The minimum absolute atomic E-state index is 0.0687. The number of allylic oxidation sites excluding steroid dienone is 2. The molecule has 2 atom stereocenters. The fourth-order valence-corrected chi connectivity index (χ4v) is 2.20. The van der Waals surface area contributed by atoms with Gasteiger partial charge in [-0.25, -0.2) is 0 Å². The number of hydrogen-bond donors (Lipinski definition) is 1. The average Bonchev–Trinajstić information content (AvgIpc) is 2.82. The Morgan fingerprint density at radius 1 is 1.53 bits per heavy atom. The van der Waals surface area contributed by atoms with E-state index in [0.717, 1.165) is 6.08 Å². The van der Waals surface area contributed by atoms with Gasteiger partial charge in [0.1, 0.15) is 5.69 Å². The second-order valence-electron chi connectivity index (χ2n) is 4.14. The molecule has 1 heterocycles.